The van der Waals surface area contributed by atoms with Crippen LogP contribution < -0.4 is 10.6 Å². The van der Waals surface area contributed by atoms with Gasteiger partial charge in [0.2, 0.25) is 5.91 Å². The lowest BCUT2D eigenvalue weighted by atomic mass is 10.1. The van der Waals surface area contributed by atoms with Gasteiger partial charge in [-0.25, -0.2) is 0 Å². The molecule has 3 rings (SSSR count). The maximum absolute atomic E-state index is 12.5. The average molecular weight is 337 g/mol. The standard InChI is InChI=1S/C20H23N3O2/c1-23(13-15-11-12-15)14-19(24)22-18-10-6-5-9-17(18)20(25)21-16-7-3-2-4-8-16/h2-10,15H,11-14H2,1H3,(H,21,25)(H,22,24). The third-order valence-corrected chi connectivity index (χ3v) is 4.16. The molecule has 0 atom stereocenters. The van der Waals surface area contributed by atoms with Crippen LogP contribution in [0.25, 0.3) is 0 Å². The van der Waals surface area contributed by atoms with Gasteiger partial charge in [0.15, 0.2) is 0 Å². The van der Waals surface area contributed by atoms with E-state index in [-0.39, 0.29) is 11.8 Å². The summed E-state index contributed by atoms with van der Waals surface area (Å²) in [5.74, 6) is 0.387. The van der Waals surface area contributed by atoms with Crippen molar-refractivity contribution < 1.29 is 9.59 Å². The van der Waals surface area contributed by atoms with Gasteiger partial charge in [0, 0.05) is 12.2 Å². The molecule has 0 heterocycles. The Labute approximate surface area is 148 Å². The van der Waals surface area contributed by atoms with Crippen LogP contribution in [0.2, 0.25) is 0 Å². The van der Waals surface area contributed by atoms with Crippen LogP contribution in [0.1, 0.15) is 23.2 Å². The zero-order chi connectivity index (χ0) is 17.6. The second-order valence-corrected chi connectivity index (χ2v) is 6.55. The van der Waals surface area contributed by atoms with Gasteiger partial charge in [0.05, 0.1) is 17.8 Å². The van der Waals surface area contributed by atoms with Gasteiger partial charge >= 0.3 is 0 Å². The highest BCUT2D eigenvalue weighted by Crippen LogP contribution is 2.29. The first-order chi connectivity index (χ1) is 12.1. The molecule has 5 nitrogen and oxygen atoms in total. The van der Waals surface area contributed by atoms with Gasteiger partial charge < -0.3 is 10.6 Å². The minimum atomic E-state index is -0.242. The van der Waals surface area contributed by atoms with Gasteiger partial charge in [0.1, 0.15) is 0 Å². The van der Waals surface area contributed by atoms with Crippen molar-refractivity contribution in [2.24, 2.45) is 5.92 Å². The van der Waals surface area contributed by atoms with Crippen LogP contribution in [-0.4, -0.2) is 36.9 Å². The maximum Gasteiger partial charge on any atom is 0.257 e. The maximum atomic E-state index is 12.5. The van der Waals surface area contributed by atoms with E-state index >= 15 is 0 Å². The predicted molar refractivity (Wildman–Crippen MR) is 99.7 cm³/mol. The number of rotatable bonds is 7. The molecule has 0 unspecified atom stereocenters. The van der Waals surface area contributed by atoms with Gasteiger partial charge in [-0.05, 0) is 50.1 Å². The van der Waals surface area contributed by atoms with E-state index in [0.29, 0.717) is 17.8 Å². The van der Waals surface area contributed by atoms with Gasteiger partial charge in [-0.15, -0.1) is 0 Å². The number of carbonyl (C=O) groups excluding carboxylic acids is 2. The molecule has 25 heavy (non-hydrogen) atoms. The number of para-hydroxylation sites is 2. The number of anilines is 2. The number of nitrogens with one attached hydrogen (secondary N) is 2. The van der Waals surface area contributed by atoms with Crippen LogP contribution >= 0.6 is 0 Å². The first-order valence-electron chi connectivity index (χ1n) is 8.55. The van der Waals surface area contributed by atoms with Crippen LogP contribution in [0.3, 0.4) is 0 Å². The van der Waals surface area contributed by atoms with Crippen molar-refractivity contribution in [3.05, 3.63) is 60.2 Å². The fraction of sp³-hybridized carbons (Fsp3) is 0.300. The molecule has 1 aliphatic rings. The third kappa shape index (κ3) is 5.16. The minimum Gasteiger partial charge on any atom is -0.324 e. The molecule has 130 valence electrons. The number of hydrogen-bond donors (Lipinski definition) is 2. The molecule has 1 saturated carbocycles. The number of nitrogens with zero attached hydrogens (tertiary/aromatic N) is 1. The van der Waals surface area contributed by atoms with Crippen LogP contribution in [-0.2, 0) is 4.79 Å². The minimum absolute atomic E-state index is 0.108. The van der Waals surface area contributed by atoms with Crippen molar-refractivity contribution in [2.75, 3.05) is 30.8 Å². The lowest BCUT2D eigenvalue weighted by Gasteiger charge is -2.17. The van der Waals surface area contributed by atoms with Crippen LogP contribution in [0, 0.1) is 5.92 Å². The Hall–Kier alpha value is -2.66. The molecule has 0 radical (unpaired) electrons. The van der Waals surface area contributed by atoms with Gasteiger partial charge in [-0.3, -0.25) is 14.5 Å². The Bertz CT molecular complexity index is 742. The monoisotopic (exact) mass is 337 g/mol. The summed E-state index contributed by atoms with van der Waals surface area (Å²) >= 11 is 0. The highest BCUT2D eigenvalue weighted by molar-refractivity contribution is 6.10. The van der Waals surface area contributed by atoms with E-state index in [9.17, 15) is 9.59 Å². The normalized spacial score (nSPS) is 13.5. The van der Waals surface area contributed by atoms with Crippen molar-refractivity contribution in [3.8, 4) is 0 Å². The summed E-state index contributed by atoms with van der Waals surface area (Å²) in [7, 11) is 1.95. The second-order valence-electron chi connectivity index (χ2n) is 6.55. The Balaban J connectivity index is 1.63. The number of hydrogen-bond acceptors (Lipinski definition) is 3. The number of likely N-dealkylation sites (N-methyl/N-ethyl adjacent to an activating group) is 1. The smallest absolute Gasteiger partial charge is 0.257 e. The summed E-state index contributed by atoms with van der Waals surface area (Å²) in [4.78, 5) is 26.8. The van der Waals surface area contributed by atoms with Crippen molar-refractivity contribution in [2.45, 2.75) is 12.8 Å². The summed E-state index contributed by atoms with van der Waals surface area (Å²) in [6.07, 6.45) is 2.52. The Morgan fingerprint density at radius 3 is 2.40 bits per heavy atom. The molecule has 2 aromatic carbocycles. The first kappa shape index (κ1) is 17.2. The largest absolute Gasteiger partial charge is 0.324 e. The van der Waals surface area contributed by atoms with Crippen molar-refractivity contribution in [1.29, 1.82) is 0 Å². The quantitative estimate of drug-likeness (QED) is 0.815. The SMILES string of the molecule is CN(CC(=O)Nc1ccccc1C(=O)Nc1ccccc1)CC1CC1. The molecule has 0 bridgehead atoms. The molecule has 1 fully saturated rings. The molecule has 5 heteroatoms. The van der Waals surface area contributed by atoms with Crippen LogP contribution in [0.5, 0.6) is 0 Å². The Morgan fingerprint density at radius 2 is 1.68 bits per heavy atom. The molecular weight excluding hydrogens is 314 g/mol. The van der Waals surface area contributed by atoms with Gasteiger partial charge in [-0.1, -0.05) is 30.3 Å². The third-order valence-electron chi connectivity index (χ3n) is 4.16. The lowest BCUT2D eigenvalue weighted by molar-refractivity contribution is -0.117. The summed E-state index contributed by atoms with van der Waals surface area (Å²) < 4.78 is 0. The highest BCUT2D eigenvalue weighted by Gasteiger charge is 2.23. The van der Waals surface area contributed by atoms with Crippen molar-refractivity contribution in [1.82, 2.24) is 4.90 Å². The van der Waals surface area contributed by atoms with Crippen LogP contribution in [0.15, 0.2) is 54.6 Å². The van der Waals surface area contributed by atoms with E-state index < -0.39 is 0 Å². The summed E-state index contributed by atoms with van der Waals surface area (Å²) in [5, 5.41) is 5.71. The molecule has 2 N–H and O–H groups in total. The summed E-state index contributed by atoms with van der Waals surface area (Å²) in [6, 6.07) is 16.3. The summed E-state index contributed by atoms with van der Waals surface area (Å²) in [5.41, 5.74) is 1.70. The van der Waals surface area contributed by atoms with Crippen molar-refractivity contribution >= 4 is 23.2 Å². The lowest BCUT2D eigenvalue weighted by Crippen LogP contribution is -2.32. The van der Waals surface area contributed by atoms with Crippen molar-refractivity contribution in [3.63, 3.8) is 0 Å². The first-order valence-corrected chi connectivity index (χ1v) is 8.55. The van der Waals surface area contributed by atoms with E-state index in [1.807, 2.05) is 48.3 Å². The summed E-state index contributed by atoms with van der Waals surface area (Å²) in [6.45, 7) is 1.27. The molecule has 0 spiro atoms. The molecule has 0 aromatic heterocycles. The van der Waals surface area contributed by atoms with Gasteiger partial charge in [-0.2, -0.15) is 0 Å². The molecule has 1 aliphatic carbocycles. The topological polar surface area (TPSA) is 61.4 Å². The molecule has 0 aliphatic heterocycles. The number of carbonyl (C=O) groups is 2. The number of benzene rings is 2. The second kappa shape index (κ2) is 7.94. The zero-order valence-electron chi connectivity index (χ0n) is 14.4. The Kier molecular flexibility index (Phi) is 5.46. The zero-order valence-corrected chi connectivity index (χ0v) is 14.4. The fourth-order valence-corrected chi connectivity index (χ4v) is 2.75. The molecule has 2 amide bonds. The average Bonchev–Trinajstić information content (AvgIpc) is 3.39. The highest BCUT2D eigenvalue weighted by atomic mass is 16.2. The van der Waals surface area contributed by atoms with Gasteiger partial charge in [0.25, 0.3) is 5.91 Å². The molecular formula is C20H23N3O2. The van der Waals surface area contributed by atoms with E-state index in [4.69, 9.17) is 0 Å². The predicted octanol–water partition coefficient (Wildman–Crippen LogP) is 3.22. The molecule has 0 saturated heterocycles. The van der Waals surface area contributed by atoms with Crippen LogP contribution in [0.4, 0.5) is 11.4 Å². The Morgan fingerprint density at radius 1 is 1.00 bits per heavy atom. The number of amides is 2. The fourth-order valence-electron chi connectivity index (χ4n) is 2.75. The van der Waals surface area contributed by atoms with E-state index in [0.717, 1.165) is 18.2 Å². The van der Waals surface area contributed by atoms with E-state index in [2.05, 4.69) is 10.6 Å². The van der Waals surface area contributed by atoms with E-state index in [1.54, 1.807) is 18.2 Å². The van der Waals surface area contributed by atoms with E-state index in [1.165, 1.54) is 12.8 Å². The molecule has 2 aromatic rings.